The number of thioether (sulfide) groups is 1. The maximum absolute atomic E-state index is 13.0. The number of ether oxygens (including phenoxy) is 1. The first-order chi connectivity index (χ1) is 17.3. The highest BCUT2D eigenvalue weighted by atomic mass is 32.2. The van der Waals surface area contributed by atoms with Gasteiger partial charge in [0.15, 0.2) is 11.0 Å². The van der Waals surface area contributed by atoms with E-state index in [1.165, 1.54) is 32.9 Å². The number of carbonyl (C=O) groups is 2. The summed E-state index contributed by atoms with van der Waals surface area (Å²) in [5.41, 5.74) is 2.65. The zero-order valence-corrected chi connectivity index (χ0v) is 24.0. The molecule has 3 aromatic heterocycles. The van der Waals surface area contributed by atoms with Gasteiger partial charge in [-0.15, -0.1) is 32.9 Å². The minimum Gasteiger partial charge on any atom is -0.459 e. The quantitative estimate of drug-likeness (QED) is 0.223. The molecule has 1 aliphatic carbocycles. The molecule has 0 aliphatic heterocycles. The number of fused-ring (bicyclic) bond motifs is 1. The summed E-state index contributed by atoms with van der Waals surface area (Å²) in [6, 6.07) is 2.34. The molecule has 1 amide bonds. The Kier molecular flexibility index (Phi) is 8.90. The van der Waals surface area contributed by atoms with Crippen molar-refractivity contribution in [2.75, 3.05) is 11.1 Å². The average molecular weight is 547 g/mol. The van der Waals surface area contributed by atoms with E-state index in [9.17, 15) is 9.59 Å². The van der Waals surface area contributed by atoms with Crippen molar-refractivity contribution in [1.29, 1.82) is 0 Å². The van der Waals surface area contributed by atoms with E-state index in [0.717, 1.165) is 55.5 Å². The van der Waals surface area contributed by atoms with Gasteiger partial charge in [-0.05, 0) is 71.4 Å². The first kappa shape index (κ1) is 26.9. The van der Waals surface area contributed by atoms with Gasteiger partial charge >= 0.3 is 5.97 Å². The fraction of sp³-hybridized carbons (Fsp3) is 0.538. The number of thiophene rings is 2. The molecule has 4 rings (SSSR count). The molecule has 36 heavy (non-hydrogen) atoms. The van der Waals surface area contributed by atoms with E-state index in [2.05, 4.69) is 52.3 Å². The Morgan fingerprint density at radius 2 is 1.97 bits per heavy atom. The monoisotopic (exact) mass is 546 g/mol. The molecular formula is C26H34N4O3S3. The fourth-order valence-corrected chi connectivity index (χ4v) is 7.48. The third-order valence-corrected chi connectivity index (χ3v) is 9.04. The van der Waals surface area contributed by atoms with Crippen LogP contribution in [0.5, 0.6) is 0 Å². The first-order valence-electron chi connectivity index (χ1n) is 12.6. The number of hydrogen-bond donors (Lipinski definition) is 1. The fourth-order valence-electron chi connectivity index (χ4n) is 4.35. The second-order valence-corrected chi connectivity index (χ2v) is 12.6. The molecule has 0 atom stereocenters. The highest BCUT2D eigenvalue weighted by molar-refractivity contribution is 7.99. The van der Waals surface area contributed by atoms with Crippen LogP contribution in [0.3, 0.4) is 0 Å². The van der Waals surface area contributed by atoms with Gasteiger partial charge in [0.2, 0.25) is 5.91 Å². The van der Waals surface area contributed by atoms with Gasteiger partial charge in [-0.2, -0.15) is 0 Å². The topological polar surface area (TPSA) is 86.1 Å². The maximum Gasteiger partial charge on any atom is 0.341 e. The van der Waals surface area contributed by atoms with Gasteiger partial charge < -0.3 is 10.1 Å². The molecule has 0 unspecified atom stereocenters. The zero-order chi connectivity index (χ0) is 25.8. The van der Waals surface area contributed by atoms with E-state index >= 15 is 0 Å². The van der Waals surface area contributed by atoms with E-state index in [1.54, 1.807) is 11.3 Å². The predicted octanol–water partition coefficient (Wildman–Crippen LogP) is 6.78. The van der Waals surface area contributed by atoms with Crippen molar-refractivity contribution in [3.63, 3.8) is 0 Å². The van der Waals surface area contributed by atoms with Crippen molar-refractivity contribution < 1.29 is 14.3 Å². The number of carbonyl (C=O) groups excluding carboxylic acids is 2. The van der Waals surface area contributed by atoms with Crippen molar-refractivity contribution in [3.05, 3.63) is 32.3 Å². The van der Waals surface area contributed by atoms with Gasteiger partial charge in [0, 0.05) is 26.7 Å². The number of aryl methyl sites for hydroxylation is 2. The third kappa shape index (κ3) is 6.03. The summed E-state index contributed by atoms with van der Waals surface area (Å²) in [4.78, 5) is 28.4. The molecule has 0 saturated heterocycles. The number of rotatable bonds is 10. The minimum absolute atomic E-state index is 0.150. The molecule has 3 aromatic rings. The lowest BCUT2D eigenvalue weighted by atomic mass is 9.95. The largest absolute Gasteiger partial charge is 0.459 e. The van der Waals surface area contributed by atoms with Crippen molar-refractivity contribution in [2.45, 2.75) is 90.4 Å². The van der Waals surface area contributed by atoms with Crippen LogP contribution in [0, 0.1) is 0 Å². The number of amides is 1. The average Bonchev–Trinajstić information content (AvgIpc) is 3.53. The van der Waals surface area contributed by atoms with E-state index in [-0.39, 0.29) is 29.8 Å². The van der Waals surface area contributed by atoms with Crippen LogP contribution in [0.2, 0.25) is 0 Å². The number of esters is 1. The second kappa shape index (κ2) is 11.9. The number of aromatic nitrogens is 3. The summed E-state index contributed by atoms with van der Waals surface area (Å²) in [6.45, 7) is 10.0. The van der Waals surface area contributed by atoms with Crippen molar-refractivity contribution in [2.24, 2.45) is 0 Å². The molecule has 0 radical (unpaired) electrons. The molecule has 0 saturated carbocycles. The van der Waals surface area contributed by atoms with Crippen molar-refractivity contribution in [3.8, 4) is 11.4 Å². The third-order valence-electron chi connectivity index (χ3n) is 5.89. The summed E-state index contributed by atoms with van der Waals surface area (Å²) in [5.74, 6) is 0.486. The minimum atomic E-state index is -0.352. The van der Waals surface area contributed by atoms with Gasteiger partial charge in [-0.25, -0.2) is 4.79 Å². The predicted molar refractivity (Wildman–Crippen MR) is 149 cm³/mol. The second-order valence-electron chi connectivity index (χ2n) is 9.53. The molecule has 1 aliphatic rings. The molecule has 3 heterocycles. The molecule has 7 nitrogen and oxygen atoms in total. The Morgan fingerprint density at radius 3 is 2.69 bits per heavy atom. The summed E-state index contributed by atoms with van der Waals surface area (Å²) in [7, 11) is 0. The van der Waals surface area contributed by atoms with Gasteiger partial charge in [0.1, 0.15) is 5.00 Å². The van der Waals surface area contributed by atoms with Crippen LogP contribution in [-0.2, 0) is 28.8 Å². The molecule has 194 valence electrons. The molecule has 1 N–H and O–H groups in total. The number of anilines is 1. The van der Waals surface area contributed by atoms with Crippen LogP contribution in [0.25, 0.3) is 11.4 Å². The van der Waals surface area contributed by atoms with E-state index < -0.39 is 0 Å². The van der Waals surface area contributed by atoms with Crippen LogP contribution in [0.4, 0.5) is 5.00 Å². The molecular weight excluding hydrogens is 513 g/mol. The first-order valence-corrected chi connectivity index (χ1v) is 15.3. The van der Waals surface area contributed by atoms with Crippen LogP contribution >= 0.6 is 34.4 Å². The Hall–Kier alpha value is -2.17. The Balaban J connectivity index is 1.49. The SMILES string of the molecule is CCCc1cc(-c2nnc(SCC(=O)Nc3sc4c(c3C(=O)OC(C)C)CCCC4)n2C(C)C)cs1. The standard InChI is InChI=1S/C26H34N4O3S3/c1-6-9-18-12-17(13-34-18)23-28-29-26(30(23)15(2)3)35-14-21(31)27-24-22(25(32)33-16(4)5)19-10-7-8-11-20(19)36-24/h12-13,15-16H,6-11,14H2,1-5H3,(H,27,31). The van der Waals surface area contributed by atoms with Crippen molar-refractivity contribution in [1.82, 2.24) is 14.8 Å². The number of nitrogens with one attached hydrogen (secondary N) is 1. The highest BCUT2D eigenvalue weighted by Gasteiger charge is 2.28. The van der Waals surface area contributed by atoms with Crippen molar-refractivity contribution >= 4 is 51.3 Å². The number of nitrogens with zero attached hydrogens (tertiary/aromatic N) is 3. The Morgan fingerprint density at radius 1 is 1.19 bits per heavy atom. The Labute approximate surface area is 225 Å². The molecule has 10 heteroatoms. The lowest BCUT2D eigenvalue weighted by Gasteiger charge is -2.14. The van der Waals surface area contributed by atoms with E-state index in [4.69, 9.17) is 4.74 Å². The lowest BCUT2D eigenvalue weighted by molar-refractivity contribution is -0.113. The summed E-state index contributed by atoms with van der Waals surface area (Å²) < 4.78 is 7.59. The molecule has 0 aromatic carbocycles. The summed E-state index contributed by atoms with van der Waals surface area (Å²) in [6.07, 6.45) is 5.89. The van der Waals surface area contributed by atoms with E-state index in [1.807, 2.05) is 13.8 Å². The maximum atomic E-state index is 13.0. The van der Waals surface area contributed by atoms with Crippen LogP contribution in [-0.4, -0.2) is 38.5 Å². The Bertz CT molecular complexity index is 1230. The van der Waals surface area contributed by atoms with Crippen LogP contribution < -0.4 is 5.32 Å². The van der Waals surface area contributed by atoms with E-state index in [0.29, 0.717) is 15.7 Å². The van der Waals surface area contributed by atoms with Crippen LogP contribution in [0.15, 0.2) is 16.6 Å². The normalized spacial score (nSPS) is 13.3. The molecule has 0 fully saturated rings. The summed E-state index contributed by atoms with van der Waals surface area (Å²) >= 11 is 4.62. The number of hydrogen-bond acceptors (Lipinski definition) is 8. The molecule has 0 spiro atoms. The van der Waals surface area contributed by atoms with Gasteiger partial charge in [0.05, 0.1) is 17.4 Å². The van der Waals surface area contributed by atoms with Gasteiger partial charge in [-0.1, -0.05) is 25.1 Å². The van der Waals surface area contributed by atoms with Gasteiger partial charge in [0.25, 0.3) is 0 Å². The summed E-state index contributed by atoms with van der Waals surface area (Å²) in [5, 5.41) is 15.3. The zero-order valence-electron chi connectivity index (χ0n) is 21.6. The highest BCUT2D eigenvalue weighted by Crippen LogP contribution is 2.39. The lowest BCUT2D eigenvalue weighted by Crippen LogP contribution is -2.19. The molecule has 0 bridgehead atoms. The van der Waals surface area contributed by atoms with Crippen LogP contribution in [0.1, 0.15) is 85.6 Å². The van der Waals surface area contributed by atoms with Gasteiger partial charge in [-0.3, -0.25) is 9.36 Å². The smallest absolute Gasteiger partial charge is 0.341 e.